The van der Waals surface area contributed by atoms with Crippen molar-refractivity contribution in [3.05, 3.63) is 35.9 Å². The first kappa shape index (κ1) is 15.4. The highest BCUT2D eigenvalue weighted by Gasteiger charge is 2.32. The maximum atomic E-state index is 5.96. The maximum absolute atomic E-state index is 5.96. The van der Waals surface area contributed by atoms with Crippen LogP contribution in [0, 0.1) is 0 Å². The van der Waals surface area contributed by atoms with E-state index in [4.69, 9.17) is 22.7 Å². The first-order valence-electron chi connectivity index (χ1n) is 7.16. The van der Waals surface area contributed by atoms with Gasteiger partial charge in [-0.15, -0.1) is 0 Å². The highest BCUT2D eigenvalue weighted by molar-refractivity contribution is 7.80. The lowest BCUT2D eigenvalue weighted by Crippen LogP contribution is -2.49. The molecule has 0 radical (unpaired) electrons. The molecule has 2 unspecified atom stereocenters. The summed E-state index contributed by atoms with van der Waals surface area (Å²) in [4.78, 5) is 2.99. The standard InChI is InChI=1S/C16H24N2OS/c1-16(19-2)9-6-10-18(12-16)11-14(15(17)20)13-7-4-3-5-8-13/h3-5,7-8,14H,6,9-12H2,1-2H3,(H2,17,20). The molecule has 0 aliphatic carbocycles. The Hall–Kier alpha value is -0.970. The van der Waals surface area contributed by atoms with Crippen LogP contribution in [0.3, 0.4) is 0 Å². The van der Waals surface area contributed by atoms with Gasteiger partial charge in [-0.2, -0.15) is 0 Å². The van der Waals surface area contributed by atoms with E-state index in [0.29, 0.717) is 4.99 Å². The Morgan fingerprint density at radius 3 is 2.75 bits per heavy atom. The normalized spacial score (nSPS) is 25.3. The van der Waals surface area contributed by atoms with Gasteiger partial charge in [-0.05, 0) is 31.9 Å². The Balaban J connectivity index is 2.07. The van der Waals surface area contributed by atoms with Crippen LogP contribution in [-0.4, -0.2) is 42.2 Å². The smallest absolute Gasteiger partial charge is 0.0816 e. The molecule has 1 heterocycles. The molecule has 20 heavy (non-hydrogen) atoms. The Morgan fingerprint density at radius 2 is 2.15 bits per heavy atom. The van der Waals surface area contributed by atoms with Crippen molar-refractivity contribution < 1.29 is 4.74 Å². The summed E-state index contributed by atoms with van der Waals surface area (Å²) in [6, 6.07) is 10.3. The Morgan fingerprint density at radius 1 is 1.45 bits per heavy atom. The van der Waals surface area contributed by atoms with E-state index in [9.17, 15) is 0 Å². The summed E-state index contributed by atoms with van der Waals surface area (Å²) >= 11 is 5.27. The predicted molar refractivity (Wildman–Crippen MR) is 87.1 cm³/mol. The molecule has 2 atom stereocenters. The van der Waals surface area contributed by atoms with Gasteiger partial charge >= 0.3 is 0 Å². The number of piperidine rings is 1. The average molecular weight is 292 g/mol. The lowest BCUT2D eigenvalue weighted by Gasteiger charge is -2.40. The molecule has 0 aromatic heterocycles. The zero-order chi connectivity index (χ0) is 14.6. The van der Waals surface area contributed by atoms with Gasteiger partial charge in [-0.1, -0.05) is 42.5 Å². The van der Waals surface area contributed by atoms with E-state index in [1.54, 1.807) is 7.11 Å². The fourth-order valence-corrected chi connectivity index (χ4v) is 3.14. The van der Waals surface area contributed by atoms with Gasteiger partial charge in [-0.25, -0.2) is 0 Å². The van der Waals surface area contributed by atoms with Crippen molar-refractivity contribution in [3.8, 4) is 0 Å². The molecule has 2 rings (SSSR count). The summed E-state index contributed by atoms with van der Waals surface area (Å²) in [5, 5.41) is 0. The molecule has 1 fully saturated rings. The van der Waals surface area contributed by atoms with Gasteiger partial charge in [0.15, 0.2) is 0 Å². The van der Waals surface area contributed by atoms with Crippen LogP contribution in [0.15, 0.2) is 30.3 Å². The minimum Gasteiger partial charge on any atom is -0.393 e. The number of hydrogen-bond acceptors (Lipinski definition) is 3. The van der Waals surface area contributed by atoms with Crippen molar-refractivity contribution in [2.24, 2.45) is 5.73 Å². The average Bonchev–Trinajstić information content (AvgIpc) is 2.45. The Bertz CT molecular complexity index is 451. The molecule has 110 valence electrons. The van der Waals surface area contributed by atoms with Crippen molar-refractivity contribution in [1.29, 1.82) is 0 Å². The molecular weight excluding hydrogens is 268 g/mol. The van der Waals surface area contributed by atoms with Crippen molar-refractivity contribution in [2.45, 2.75) is 31.3 Å². The van der Waals surface area contributed by atoms with Crippen LogP contribution in [-0.2, 0) is 4.74 Å². The largest absolute Gasteiger partial charge is 0.393 e. The summed E-state index contributed by atoms with van der Waals surface area (Å²) in [6.45, 7) is 5.08. The molecule has 0 amide bonds. The van der Waals surface area contributed by atoms with Gasteiger partial charge in [0.25, 0.3) is 0 Å². The fourth-order valence-electron chi connectivity index (χ4n) is 2.93. The van der Waals surface area contributed by atoms with Crippen LogP contribution in [0.2, 0.25) is 0 Å². The molecular formula is C16H24N2OS. The minimum absolute atomic E-state index is 0.0459. The molecule has 3 nitrogen and oxygen atoms in total. The number of likely N-dealkylation sites (tertiary alicyclic amines) is 1. The third kappa shape index (κ3) is 3.78. The van der Waals surface area contributed by atoms with E-state index in [1.165, 1.54) is 5.56 Å². The van der Waals surface area contributed by atoms with E-state index in [-0.39, 0.29) is 11.5 Å². The summed E-state index contributed by atoms with van der Waals surface area (Å²) in [7, 11) is 1.80. The summed E-state index contributed by atoms with van der Waals surface area (Å²) < 4.78 is 5.65. The van der Waals surface area contributed by atoms with Crippen molar-refractivity contribution in [3.63, 3.8) is 0 Å². The maximum Gasteiger partial charge on any atom is 0.0816 e. The zero-order valence-corrected chi connectivity index (χ0v) is 13.2. The number of rotatable bonds is 5. The second kappa shape index (κ2) is 6.66. The molecule has 1 saturated heterocycles. The molecule has 1 aliphatic rings. The van der Waals surface area contributed by atoms with Crippen LogP contribution in [0.5, 0.6) is 0 Å². The number of benzene rings is 1. The van der Waals surface area contributed by atoms with Crippen LogP contribution in [0.1, 0.15) is 31.2 Å². The van der Waals surface area contributed by atoms with E-state index >= 15 is 0 Å². The van der Waals surface area contributed by atoms with Crippen molar-refractivity contribution in [1.82, 2.24) is 4.90 Å². The molecule has 4 heteroatoms. The SMILES string of the molecule is COC1(C)CCCN(CC(C(N)=S)c2ccccc2)C1. The second-order valence-corrected chi connectivity index (χ2v) is 6.33. The van der Waals surface area contributed by atoms with Crippen LogP contribution in [0.4, 0.5) is 0 Å². The van der Waals surface area contributed by atoms with Crippen LogP contribution < -0.4 is 5.73 Å². The summed E-state index contributed by atoms with van der Waals surface area (Å²) in [5.74, 6) is 0.116. The third-order valence-corrected chi connectivity index (χ3v) is 4.50. The molecule has 0 spiro atoms. The van der Waals surface area contributed by atoms with Gasteiger partial charge in [-0.3, -0.25) is 4.90 Å². The monoisotopic (exact) mass is 292 g/mol. The lowest BCUT2D eigenvalue weighted by atomic mass is 9.92. The van der Waals surface area contributed by atoms with Crippen molar-refractivity contribution >= 4 is 17.2 Å². The highest BCUT2D eigenvalue weighted by Crippen LogP contribution is 2.26. The number of nitrogens with zero attached hydrogens (tertiary/aromatic N) is 1. The number of thiocarbonyl (C=S) groups is 1. The molecule has 1 aromatic rings. The second-order valence-electron chi connectivity index (χ2n) is 5.86. The first-order chi connectivity index (χ1) is 9.54. The number of nitrogens with two attached hydrogens (primary N) is 1. The van der Waals surface area contributed by atoms with Crippen molar-refractivity contribution in [2.75, 3.05) is 26.7 Å². The fraction of sp³-hybridized carbons (Fsp3) is 0.562. The quantitative estimate of drug-likeness (QED) is 0.847. The Labute approximate surface area is 127 Å². The van der Waals surface area contributed by atoms with Gasteiger partial charge in [0, 0.05) is 26.1 Å². The van der Waals surface area contributed by atoms with Gasteiger partial charge in [0.05, 0.1) is 10.6 Å². The van der Waals surface area contributed by atoms with E-state index in [0.717, 1.165) is 32.5 Å². The van der Waals surface area contributed by atoms with Gasteiger partial charge in [0.2, 0.25) is 0 Å². The number of hydrogen-bond donors (Lipinski definition) is 1. The topological polar surface area (TPSA) is 38.5 Å². The molecule has 0 bridgehead atoms. The summed E-state index contributed by atoms with van der Waals surface area (Å²) in [6.07, 6.45) is 2.27. The van der Waals surface area contributed by atoms with Crippen LogP contribution >= 0.6 is 12.2 Å². The molecule has 0 saturated carbocycles. The summed E-state index contributed by atoms with van der Waals surface area (Å²) in [5.41, 5.74) is 7.11. The van der Waals surface area contributed by atoms with E-state index < -0.39 is 0 Å². The minimum atomic E-state index is -0.0459. The molecule has 1 aromatic carbocycles. The molecule has 1 aliphatic heterocycles. The number of ether oxygens (including phenoxy) is 1. The first-order valence-corrected chi connectivity index (χ1v) is 7.57. The van der Waals surface area contributed by atoms with E-state index in [2.05, 4.69) is 24.0 Å². The van der Waals surface area contributed by atoms with Crippen LogP contribution in [0.25, 0.3) is 0 Å². The lowest BCUT2D eigenvalue weighted by molar-refractivity contribution is -0.0507. The Kier molecular flexibility index (Phi) is 5.13. The third-order valence-electron chi connectivity index (χ3n) is 4.22. The predicted octanol–water partition coefficient (Wildman–Crippen LogP) is 2.56. The number of methoxy groups -OCH3 is 1. The van der Waals surface area contributed by atoms with Gasteiger partial charge in [0.1, 0.15) is 0 Å². The zero-order valence-electron chi connectivity index (χ0n) is 12.3. The molecule has 2 N–H and O–H groups in total. The highest BCUT2D eigenvalue weighted by atomic mass is 32.1. The van der Waals surface area contributed by atoms with Gasteiger partial charge < -0.3 is 10.5 Å². The van der Waals surface area contributed by atoms with E-state index in [1.807, 2.05) is 18.2 Å².